The number of aromatic amines is 2. The second-order valence-corrected chi connectivity index (χ2v) is 15.5. The van der Waals surface area contributed by atoms with Gasteiger partial charge in [-0.2, -0.15) is 0 Å². The van der Waals surface area contributed by atoms with E-state index in [1.807, 2.05) is 89.7 Å². The molecular weight excluding hydrogens is 707 g/mol. The first-order valence-corrected chi connectivity index (χ1v) is 20.0. The molecule has 0 aliphatic carbocycles. The molecule has 2 aromatic heterocycles. The summed E-state index contributed by atoms with van der Waals surface area (Å²) in [6.45, 7) is 1.46. The van der Waals surface area contributed by atoms with Crippen molar-refractivity contribution in [1.82, 2.24) is 34.6 Å². The number of nitrogens with zero attached hydrogens (tertiary/aromatic N) is 5. The van der Waals surface area contributed by atoms with Crippen LogP contribution in [0.1, 0.15) is 66.6 Å². The Morgan fingerprint density at radius 3 is 1.79 bits per heavy atom. The Morgan fingerprint density at radius 1 is 0.649 bits per heavy atom. The molecule has 2 aliphatic heterocycles. The molecule has 9 heteroatoms. The predicted octanol–water partition coefficient (Wildman–Crippen LogP) is 9.16. The van der Waals surface area contributed by atoms with E-state index < -0.39 is 0 Å². The van der Waals surface area contributed by atoms with E-state index in [0.717, 1.165) is 106 Å². The summed E-state index contributed by atoms with van der Waals surface area (Å²) in [5.74, 6) is 1.92. The third-order valence-electron chi connectivity index (χ3n) is 11.7. The summed E-state index contributed by atoms with van der Waals surface area (Å²) < 4.78 is 0. The number of fused-ring (bicyclic) bond motifs is 1. The SMILES string of the molecule is CN(C)[C@@H](C(=O)N1CCC[C@H]1c1ncc(-c2ccc(-c3ccc(-c4cnc([C@@H]5CCCN5C(=O)Cc5cccc6ccccc56)[nH]4)cc3)cc2)[nH]1)c1ccccc1. The molecular formula is C48H47N7O2. The van der Waals surface area contributed by atoms with Crippen LogP contribution in [0.5, 0.6) is 0 Å². The van der Waals surface area contributed by atoms with Gasteiger partial charge in [0.15, 0.2) is 0 Å². The maximum absolute atomic E-state index is 13.9. The van der Waals surface area contributed by atoms with Gasteiger partial charge in [0.1, 0.15) is 17.7 Å². The number of hydrogen-bond acceptors (Lipinski definition) is 5. The molecule has 0 unspecified atom stereocenters. The summed E-state index contributed by atoms with van der Waals surface area (Å²) in [5, 5.41) is 2.29. The third kappa shape index (κ3) is 7.27. The molecule has 286 valence electrons. The standard InChI is InChI=1S/C48H47N7O2/c1-53(2)45(37-12-4-3-5-13-37)48(57)55-28-10-18-43(55)47-50-31-41(52-47)36-25-21-33(22-26-36)32-19-23-35(24-20-32)40-30-49-46(51-40)42-17-9-27-54(42)44(56)29-38-15-8-14-34-11-6-7-16-39(34)38/h3-8,11-16,19-26,30-31,42-43,45H,9-10,17-18,27-29H2,1-2H3,(H,49,51)(H,50,52)/t42-,43-,45+/m0/s1. The molecule has 4 heterocycles. The van der Waals surface area contributed by atoms with Gasteiger partial charge in [-0.15, -0.1) is 0 Å². The summed E-state index contributed by atoms with van der Waals surface area (Å²) in [6.07, 6.45) is 7.83. The van der Waals surface area contributed by atoms with E-state index in [-0.39, 0.29) is 29.9 Å². The van der Waals surface area contributed by atoms with E-state index in [1.165, 1.54) is 0 Å². The maximum atomic E-state index is 13.9. The van der Waals surface area contributed by atoms with Gasteiger partial charge in [0.25, 0.3) is 0 Å². The number of rotatable bonds is 10. The van der Waals surface area contributed by atoms with Crippen molar-refractivity contribution in [2.24, 2.45) is 0 Å². The van der Waals surface area contributed by atoms with Crippen molar-refractivity contribution < 1.29 is 9.59 Å². The van der Waals surface area contributed by atoms with Gasteiger partial charge in [-0.3, -0.25) is 14.5 Å². The minimum Gasteiger partial charge on any atom is -0.340 e. The van der Waals surface area contributed by atoms with E-state index in [1.54, 1.807) is 0 Å². The molecule has 2 fully saturated rings. The van der Waals surface area contributed by atoms with Crippen LogP contribution in [0.3, 0.4) is 0 Å². The molecule has 0 bridgehead atoms. The number of likely N-dealkylation sites (N-methyl/N-ethyl adjacent to an activating group) is 1. The van der Waals surface area contributed by atoms with Crippen LogP contribution < -0.4 is 0 Å². The number of H-pyrrole nitrogens is 2. The lowest BCUT2D eigenvalue weighted by Crippen LogP contribution is -2.40. The van der Waals surface area contributed by atoms with Gasteiger partial charge in [-0.1, -0.05) is 121 Å². The molecule has 57 heavy (non-hydrogen) atoms. The molecule has 2 saturated heterocycles. The minimum atomic E-state index is -0.341. The lowest BCUT2D eigenvalue weighted by atomic mass is 10.0. The Kier molecular flexibility index (Phi) is 9.99. The van der Waals surface area contributed by atoms with Crippen molar-refractivity contribution in [2.75, 3.05) is 27.2 Å². The number of likely N-dealkylation sites (tertiary alicyclic amines) is 2. The maximum Gasteiger partial charge on any atom is 0.245 e. The molecule has 0 spiro atoms. The number of nitrogens with one attached hydrogen (secondary N) is 2. The van der Waals surface area contributed by atoms with Crippen molar-refractivity contribution in [3.8, 4) is 33.6 Å². The Bertz CT molecular complexity index is 2500. The van der Waals surface area contributed by atoms with Crippen molar-refractivity contribution in [2.45, 2.75) is 50.2 Å². The zero-order valence-corrected chi connectivity index (χ0v) is 32.4. The molecule has 2 amide bonds. The Balaban J connectivity index is 0.852. The van der Waals surface area contributed by atoms with E-state index in [4.69, 9.17) is 9.97 Å². The number of imidazole rings is 2. The first kappa shape index (κ1) is 36.3. The van der Waals surface area contributed by atoms with Crippen molar-refractivity contribution >= 4 is 22.6 Å². The summed E-state index contributed by atoms with van der Waals surface area (Å²) in [4.78, 5) is 50.2. The second-order valence-electron chi connectivity index (χ2n) is 15.5. The van der Waals surface area contributed by atoms with Crippen molar-refractivity contribution in [3.63, 3.8) is 0 Å². The van der Waals surface area contributed by atoms with Crippen LogP contribution in [0.2, 0.25) is 0 Å². The summed E-state index contributed by atoms with van der Waals surface area (Å²) >= 11 is 0. The summed E-state index contributed by atoms with van der Waals surface area (Å²) in [7, 11) is 3.92. The lowest BCUT2D eigenvalue weighted by molar-refractivity contribution is -0.137. The second kappa shape index (κ2) is 15.7. The minimum absolute atomic E-state index is 0.0559. The molecule has 2 N–H and O–H groups in total. The fourth-order valence-electron chi connectivity index (χ4n) is 8.82. The Labute approximate surface area is 333 Å². The average Bonchev–Trinajstić information content (AvgIpc) is 4.09. The third-order valence-corrected chi connectivity index (χ3v) is 11.7. The van der Waals surface area contributed by atoms with E-state index in [9.17, 15) is 9.59 Å². The lowest BCUT2D eigenvalue weighted by Gasteiger charge is -2.31. The molecule has 7 aromatic rings. The zero-order valence-electron chi connectivity index (χ0n) is 32.4. The number of hydrogen-bond donors (Lipinski definition) is 2. The summed E-state index contributed by atoms with van der Waals surface area (Å²) in [5.41, 5.74) is 8.26. The molecule has 9 nitrogen and oxygen atoms in total. The largest absolute Gasteiger partial charge is 0.340 e. The quantitative estimate of drug-likeness (QED) is 0.145. The number of benzene rings is 5. The molecule has 0 saturated carbocycles. The topological polar surface area (TPSA) is 101 Å². The highest BCUT2D eigenvalue weighted by atomic mass is 16.2. The Morgan fingerprint density at radius 2 is 1.18 bits per heavy atom. The number of carbonyl (C=O) groups excluding carboxylic acids is 2. The summed E-state index contributed by atoms with van der Waals surface area (Å²) in [6, 6.07) is 41.0. The fraction of sp³-hybridized carbons (Fsp3) is 0.250. The highest BCUT2D eigenvalue weighted by Gasteiger charge is 2.37. The predicted molar refractivity (Wildman–Crippen MR) is 225 cm³/mol. The first-order chi connectivity index (χ1) is 27.9. The molecule has 0 radical (unpaired) electrons. The van der Waals surface area contributed by atoms with Crippen LogP contribution in [-0.2, 0) is 16.0 Å². The van der Waals surface area contributed by atoms with Gasteiger partial charge in [0.2, 0.25) is 11.8 Å². The molecule has 5 aromatic carbocycles. The van der Waals surface area contributed by atoms with Crippen LogP contribution in [0.15, 0.2) is 134 Å². The van der Waals surface area contributed by atoms with Gasteiger partial charge in [0, 0.05) is 13.1 Å². The monoisotopic (exact) mass is 753 g/mol. The van der Waals surface area contributed by atoms with Gasteiger partial charge in [-0.25, -0.2) is 9.97 Å². The van der Waals surface area contributed by atoms with Gasteiger partial charge >= 0.3 is 0 Å². The Hall–Kier alpha value is -6.32. The number of carbonyl (C=O) groups is 2. The highest BCUT2D eigenvalue weighted by molar-refractivity contribution is 5.90. The van der Waals surface area contributed by atoms with Crippen LogP contribution >= 0.6 is 0 Å². The van der Waals surface area contributed by atoms with Crippen molar-refractivity contribution in [3.05, 3.63) is 156 Å². The molecule has 3 atom stereocenters. The van der Waals surface area contributed by atoms with E-state index in [2.05, 4.69) is 82.8 Å². The normalized spacial score (nSPS) is 17.5. The number of aromatic nitrogens is 4. The van der Waals surface area contributed by atoms with Crippen LogP contribution in [0.4, 0.5) is 0 Å². The van der Waals surface area contributed by atoms with E-state index >= 15 is 0 Å². The van der Waals surface area contributed by atoms with Gasteiger partial charge in [0.05, 0.1) is 42.3 Å². The van der Waals surface area contributed by atoms with E-state index in [0.29, 0.717) is 6.42 Å². The van der Waals surface area contributed by atoms with Crippen LogP contribution in [0, 0.1) is 0 Å². The van der Waals surface area contributed by atoms with Crippen LogP contribution in [0.25, 0.3) is 44.4 Å². The van der Waals surface area contributed by atoms with Gasteiger partial charge < -0.3 is 19.8 Å². The smallest absolute Gasteiger partial charge is 0.245 e. The first-order valence-electron chi connectivity index (χ1n) is 20.0. The zero-order chi connectivity index (χ0) is 38.9. The van der Waals surface area contributed by atoms with Gasteiger partial charge in [-0.05, 0) is 83.9 Å². The highest BCUT2D eigenvalue weighted by Crippen LogP contribution is 2.36. The fourth-order valence-corrected chi connectivity index (χ4v) is 8.82. The average molecular weight is 754 g/mol. The molecule has 9 rings (SSSR count). The van der Waals surface area contributed by atoms with Crippen LogP contribution in [-0.4, -0.2) is 73.6 Å². The molecule has 2 aliphatic rings. The van der Waals surface area contributed by atoms with Crippen molar-refractivity contribution in [1.29, 1.82) is 0 Å². The number of amides is 2.